The van der Waals surface area contributed by atoms with Crippen LogP contribution < -0.4 is 10.2 Å². The summed E-state index contributed by atoms with van der Waals surface area (Å²) in [5.74, 6) is 1.69. The molecule has 1 saturated heterocycles. The van der Waals surface area contributed by atoms with Gasteiger partial charge in [-0.3, -0.25) is 0 Å². The number of nitrogens with one attached hydrogen (secondary N) is 1. The summed E-state index contributed by atoms with van der Waals surface area (Å²) in [6.45, 7) is 2.56. The van der Waals surface area contributed by atoms with E-state index >= 15 is 0 Å². The highest BCUT2D eigenvalue weighted by atomic mass is 16.3. The van der Waals surface area contributed by atoms with Crippen molar-refractivity contribution >= 4 is 16.9 Å². The highest BCUT2D eigenvalue weighted by Gasteiger charge is 2.25. The summed E-state index contributed by atoms with van der Waals surface area (Å²) in [6, 6.07) is 12.2. The molecule has 6 heteroatoms. The molecular formula is C17H19N5O. The van der Waals surface area contributed by atoms with Gasteiger partial charge in [0.1, 0.15) is 5.52 Å². The lowest BCUT2D eigenvalue weighted by Crippen LogP contribution is -2.38. The quantitative estimate of drug-likeness (QED) is 0.780. The van der Waals surface area contributed by atoms with Crippen molar-refractivity contribution in [3.05, 3.63) is 48.5 Å². The summed E-state index contributed by atoms with van der Waals surface area (Å²) < 4.78 is 5.73. The fraction of sp³-hybridized carbons (Fsp3) is 0.353. The number of para-hydroxylation sites is 2. The fourth-order valence-corrected chi connectivity index (χ4v) is 3.14. The molecule has 23 heavy (non-hydrogen) atoms. The van der Waals surface area contributed by atoms with Crippen LogP contribution in [0.15, 0.2) is 47.0 Å². The predicted molar refractivity (Wildman–Crippen MR) is 88.1 cm³/mol. The lowest BCUT2D eigenvalue weighted by molar-refractivity contribution is 0.479. The number of benzene rings is 1. The minimum Gasteiger partial charge on any atom is -0.439 e. The predicted octanol–water partition coefficient (Wildman–Crippen LogP) is 2.38. The maximum atomic E-state index is 5.73. The van der Waals surface area contributed by atoms with E-state index in [0.717, 1.165) is 42.3 Å². The van der Waals surface area contributed by atoms with Crippen LogP contribution >= 0.6 is 0 Å². The second-order valence-corrected chi connectivity index (χ2v) is 5.78. The van der Waals surface area contributed by atoms with Crippen LogP contribution in [0.25, 0.3) is 11.1 Å². The molecule has 1 aliphatic heterocycles. The summed E-state index contributed by atoms with van der Waals surface area (Å²) in [6.07, 6.45) is 4.06. The Morgan fingerprint density at radius 2 is 2.17 bits per heavy atom. The van der Waals surface area contributed by atoms with E-state index in [1.165, 1.54) is 6.42 Å². The second-order valence-electron chi connectivity index (χ2n) is 5.78. The Kier molecular flexibility index (Phi) is 3.90. The molecular weight excluding hydrogens is 290 g/mol. The molecule has 2 aromatic heterocycles. The molecule has 118 valence electrons. The Morgan fingerprint density at radius 3 is 3.04 bits per heavy atom. The molecule has 0 radical (unpaired) electrons. The zero-order valence-electron chi connectivity index (χ0n) is 12.9. The van der Waals surface area contributed by atoms with Crippen molar-refractivity contribution in [3.8, 4) is 0 Å². The Hall–Kier alpha value is -2.47. The van der Waals surface area contributed by atoms with Gasteiger partial charge >= 0.3 is 0 Å². The molecule has 1 aromatic carbocycles. The van der Waals surface area contributed by atoms with Gasteiger partial charge in [0.15, 0.2) is 11.4 Å². The summed E-state index contributed by atoms with van der Waals surface area (Å²) in [4.78, 5) is 6.81. The van der Waals surface area contributed by atoms with Crippen molar-refractivity contribution in [1.29, 1.82) is 0 Å². The van der Waals surface area contributed by atoms with Gasteiger partial charge in [-0.2, -0.15) is 5.10 Å². The van der Waals surface area contributed by atoms with E-state index in [9.17, 15) is 0 Å². The van der Waals surface area contributed by atoms with Gasteiger partial charge in [0, 0.05) is 25.3 Å². The summed E-state index contributed by atoms with van der Waals surface area (Å²) in [5.41, 5.74) is 1.75. The smallest absolute Gasteiger partial charge is 0.209 e. The molecule has 0 unspecified atom stereocenters. The van der Waals surface area contributed by atoms with E-state index in [4.69, 9.17) is 4.42 Å². The maximum Gasteiger partial charge on any atom is 0.209 e. The van der Waals surface area contributed by atoms with Crippen LogP contribution in [0.2, 0.25) is 0 Å². The van der Waals surface area contributed by atoms with Gasteiger partial charge in [0.05, 0.1) is 6.54 Å². The molecule has 0 saturated carbocycles. The number of nitrogens with zero attached hydrogens (tertiary/aromatic N) is 4. The molecule has 0 bridgehead atoms. The number of rotatable bonds is 5. The number of hydrogen-bond acceptors (Lipinski definition) is 6. The number of oxazole rings is 1. The van der Waals surface area contributed by atoms with Crippen LogP contribution in [-0.4, -0.2) is 34.3 Å². The van der Waals surface area contributed by atoms with Gasteiger partial charge in [-0.25, -0.2) is 4.98 Å². The van der Waals surface area contributed by atoms with E-state index < -0.39 is 0 Å². The molecule has 6 nitrogen and oxygen atoms in total. The van der Waals surface area contributed by atoms with Gasteiger partial charge in [-0.15, -0.1) is 5.10 Å². The van der Waals surface area contributed by atoms with Crippen molar-refractivity contribution in [1.82, 2.24) is 20.5 Å². The third-order valence-corrected chi connectivity index (χ3v) is 4.22. The SMILES string of the molecule is c1cnnc(N2CCC[C@@H]2CNCc2nc3ccccc3o2)c1. The molecule has 0 amide bonds. The number of hydrogen-bond donors (Lipinski definition) is 1. The van der Waals surface area contributed by atoms with Crippen molar-refractivity contribution in [2.75, 3.05) is 18.0 Å². The van der Waals surface area contributed by atoms with Crippen molar-refractivity contribution < 1.29 is 4.42 Å². The largest absolute Gasteiger partial charge is 0.439 e. The average molecular weight is 309 g/mol. The minimum absolute atomic E-state index is 0.441. The lowest BCUT2D eigenvalue weighted by Gasteiger charge is -2.25. The molecule has 4 rings (SSSR count). The summed E-state index contributed by atoms with van der Waals surface area (Å²) >= 11 is 0. The van der Waals surface area contributed by atoms with E-state index in [-0.39, 0.29) is 0 Å². The number of anilines is 1. The standard InChI is InChI=1S/C17H19N5O/c1-2-7-15-14(6-1)20-17(23-15)12-18-11-13-5-4-10-22(13)16-8-3-9-19-21-16/h1-3,6-9,13,18H,4-5,10-12H2/t13-/m1/s1. The van der Waals surface area contributed by atoms with Crippen molar-refractivity contribution in [3.63, 3.8) is 0 Å². The maximum absolute atomic E-state index is 5.73. The third-order valence-electron chi connectivity index (χ3n) is 4.22. The zero-order chi connectivity index (χ0) is 15.5. The van der Waals surface area contributed by atoms with Crippen molar-refractivity contribution in [2.24, 2.45) is 0 Å². The Morgan fingerprint density at radius 1 is 1.22 bits per heavy atom. The van der Waals surface area contributed by atoms with Gasteiger partial charge in [-0.1, -0.05) is 12.1 Å². The molecule has 1 atom stereocenters. The van der Waals surface area contributed by atoms with Gasteiger partial charge in [-0.05, 0) is 37.1 Å². The van der Waals surface area contributed by atoms with Crippen LogP contribution in [0.5, 0.6) is 0 Å². The van der Waals surface area contributed by atoms with E-state index in [1.807, 2.05) is 36.4 Å². The van der Waals surface area contributed by atoms with E-state index in [2.05, 4.69) is 25.4 Å². The van der Waals surface area contributed by atoms with Crippen LogP contribution in [0.1, 0.15) is 18.7 Å². The number of fused-ring (bicyclic) bond motifs is 1. The molecule has 3 heterocycles. The first-order chi connectivity index (χ1) is 11.4. The lowest BCUT2D eigenvalue weighted by atomic mass is 10.2. The highest BCUT2D eigenvalue weighted by molar-refractivity contribution is 5.72. The van der Waals surface area contributed by atoms with E-state index in [0.29, 0.717) is 12.6 Å². The number of aromatic nitrogens is 3. The monoisotopic (exact) mass is 309 g/mol. The third kappa shape index (κ3) is 3.03. The average Bonchev–Trinajstić information content (AvgIpc) is 3.22. The normalized spacial score (nSPS) is 17.9. The fourth-order valence-electron chi connectivity index (χ4n) is 3.14. The topological polar surface area (TPSA) is 67.1 Å². The molecule has 3 aromatic rings. The zero-order valence-corrected chi connectivity index (χ0v) is 12.9. The van der Waals surface area contributed by atoms with Crippen LogP contribution in [0.3, 0.4) is 0 Å². The second kappa shape index (κ2) is 6.34. The molecule has 1 aliphatic rings. The highest BCUT2D eigenvalue weighted by Crippen LogP contribution is 2.22. The molecule has 1 N–H and O–H groups in total. The molecule has 0 spiro atoms. The first kappa shape index (κ1) is 14.1. The summed E-state index contributed by atoms with van der Waals surface area (Å²) in [5, 5.41) is 11.7. The Bertz CT molecular complexity index is 740. The van der Waals surface area contributed by atoms with Gasteiger partial charge < -0.3 is 14.6 Å². The van der Waals surface area contributed by atoms with E-state index in [1.54, 1.807) is 6.20 Å². The first-order valence-corrected chi connectivity index (χ1v) is 8.00. The van der Waals surface area contributed by atoms with Gasteiger partial charge in [0.2, 0.25) is 5.89 Å². The first-order valence-electron chi connectivity index (χ1n) is 8.00. The Labute approximate surface area is 134 Å². The van der Waals surface area contributed by atoms with Gasteiger partial charge in [0.25, 0.3) is 0 Å². The molecule has 0 aliphatic carbocycles. The minimum atomic E-state index is 0.441. The molecule has 1 fully saturated rings. The van der Waals surface area contributed by atoms with Crippen LogP contribution in [0.4, 0.5) is 5.82 Å². The Balaban J connectivity index is 1.37. The van der Waals surface area contributed by atoms with Crippen molar-refractivity contribution in [2.45, 2.75) is 25.4 Å². The van der Waals surface area contributed by atoms with Crippen LogP contribution in [-0.2, 0) is 6.54 Å². The van der Waals surface area contributed by atoms with Crippen LogP contribution in [0, 0.1) is 0 Å². The summed E-state index contributed by atoms with van der Waals surface area (Å²) in [7, 11) is 0.